The lowest BCUT2D eigenvalue weighted by Gasteiger charge is -2.30. The normalized spacial score (nSPS) is 16.4. The van der Waals surface area contributed by atoms with E-state index in [4.69, 9.17) is 0 Å². The third-order valence-corrected chi connectivity index (χ3v) is 6.73. The van der Waals surface area contributed by atoms with Gasteiger partial charge in [0.25, 0.3) is 0 Å². The summed E-state index contributed by atoms with van der Waals surface area (Å²) in [6, 6.07) is 6.52. The third-order valence-electron chi connectivity index (χ3n) is 4.82. The van der Waals surface area contributed by atoms with Crippen molar-refractivity contribution >= 4 is 21.6 Å². The minimum absolute atomic E-state index is 0.0228. The Kier molecular flexibility index (Phi) is 6.14. The fourth-order valence-corrected chi connectivity index (χ4v) is 4.65. The molecule has 30 heavy (non-hydrogen) atoms. The lowest BCUT2D eigenvalue weighted by molar-refractivity contribution is -0.140. The molecule has 162 valence electrons. The van der Waals surface area contributed by atoms with Crippen molar-refractivity contribution in [2.75, 3.05) is 18.4 Å². The van der Waals surface area contributed by atoms with Gasteiger partial charge in [-0.05, 0) is 55.3 Å². The second-order valence-corrected chi connectivity index (χ2v) is 8.75. The zero-order chi connectivity index (χ0) is 22.1. The molecule has 2 aromatic carbocycles. The van der Waals surface area contributed by atoms with Crippen LogP contribution in [0.1, 0.15) is 18.4 Å². The smallest absolute Gasteiger partial charge is 0.326 e. The molecule has 0 bridgehead atoms. The van der Waals surface area contributed by atoms with Crippen LogP contribution in [-0.2, 0) is 21.0 Å². The number of anilines is 1. The minimum Gasteiger partial charge on any atom is -0.326 e. The highest BCUT2D eigenvalue weighted by Crippen LogP contribution is 2.33. The number of benzene rings is 2. The molecule has 1 aliphatic rings. The number of alkyl halides is 3. The van der Waals surface area contributed by atoms with Gasteiger partial charge in [-0.15, -0.1) is 0 Å². The van der Waals surface area contributed by atoms with Crippen molar-refractivity contribution in [1.29, 1.82) is 0 Å². The molecule has 1 heterocycles. The number of nitrogens with zero attached hydrogens (tertiary/aromatic N) is 1. The van der Waals surface area contributed by atoms with Crippen molar-refractivity contribution in [2.45, 2.75) is 23.9 Å². The van der Waals surface area contributed by atoms with Gasteiger partial charge in [0, 0.05) is 24.7 Å². The van der Waals surface area contributed by atoms with Crippen LogP contribution in [0.3, 0.4) is 0 Å². The van der Waals surface area contributed by atoms with Gasteiger partial charge in [0.2, 0.25) is 15.9 Å². The van der Waals surface area contributed by atoms with E-state index < -0.39 is 45.2 Å². The Morgan fingerprint density at radius 2 is 1.60 bits per heavy atom. The van der Waals surface area contributed by atoms with Crippen molar-refractivity contribution < 1.29 is 35.2 Å². The third kappa shape index (κ3) is 4.78. The van der Waals surface area contributed by atoms with Crippen LogP contribution in [0.2, 0.25) is 0 Å². The van der Waals surface area contributed by atoms with Crippen molar-refractivity contribution in [3.05, 3.63) is 59.7 Å². The van der Waals surface area contributed by atoms with Gasteiger partial charge >= 0.3 is 6.18 Å². The second-order valence-electron chi connectivity index (χ2n) is 6.81. The van der Waals surface area contributed by atoms with Crippen LogP contribution in [0.15, 0.2) is 47.4 Å². The highest BCUT2D eigenvalue weighted by Gasteiger charge is 2.35. The molecule has 0 radical (unpaired) electrons. The first-order valence-corrected chi connectivity index (χ1v) is 10.4. The molecule has 5 nitrogen and oxygen atoms in total. The summed E-state index contributed by atoms with van der Waals surface area (Å²) in [7, 11) is -3.85. The van der Waals surface area contributed by atoms with Gasteiger partial charge in [-0.25, -0.2) is 17.2 Å². The molecular formula is C19H17F5N2O3S. The summed E-state index contributed by atoms with van der Waals surface area (Å²) in [5, 5.41) is 2.33. The molecule has 0 saturated carbocycles. The molecule has 1 saturated heterocycles. The average Bonchev–Trinajstić information content (AvgIpc) is 2.69. The van der Waals surface area contributed by atoms with Gasteiger partial charge in [-0.1, -0.05) is 0 Å². The Hall–Kier alpha value is -2.53. The van der Waals surface area contributed by atoms with E-state index in [1.165, 1.54) is 4.31 Å². The standard InChI is InChI=1S/C19H17F5N2O3S/c20-13-1-4-15(5-2-13)30(28,29)26-9-7-12(8-10-26)18(27)25-14-3-6-17(21)16(11-14)19(22,23)24/h1-6,11-12H,7-10H2,(H,25,27). The number of hydrogen-bond donors (Lipinski definition) is 1. The average molecular weight is 448 g/mol. The van der Waals surface area contributed by atoms with Crippen molar-refractivity contribution in [3.8, 4) is 0 Å². The van der Waals surface area contributed by atoms with Crippen molar-refractivity contribution in [3.63, 3.8) is 0 Å². The summed E-state index contributed by atoms with van der Waals surface area (Å²) < 4.78 is 91.1. The zero-order valence-electron chi connectivity index (χ0n) is 15.4. The van der Waals surface area contributed by atoms with Gasteiger partial charge in [0.05, 0.1) is 10.5 Å². The van der Waals surface area contributed by atoms with E-state index in [9.17, 15) is 35.2 Å². The topological polar surface area (TPSA) is 66.5 Å². The number of halogens is 5. The van der Waals surface area contributed by atoms with Crippen LogP contribution in [-0.4, -0.2) is 31.7 Å². The van der Waals surface area contributed by atoms with Crippen LogP contribution < -0.4 is 5.32 Å². The molecule has 2 aromatic rings. The Labute approximate surface area is 169 Å². The number of sulfonamides is 1. The molecular weight excluding hydrogens is 431 g/mol. The van der Waals surface area contributed by atoms with Crippen LogP contribution in [0.5, 0.6) is 0 Å². The van der Waals surface area contributed by atoms with Gasteiger partial charge in [0.15, 0.2) is 0 Å². The fourth-order valence-electron chi connectivity index (χ4n) is 3.18. The van der Waals surface area contributed by atoms with E-state index in [2.05, 4.69) is 5.32 Å². The Balaban J connectivity index is 1.64. The highest BCUT2D eigenvalue weighted by atomic mass is 32.2. The maximum atomic E-state index is 13.4. The first-order valence-electron chi connectivity index (χ1n) is 8.92. The molecule has 1 fully saturated rings. The maximum Gasteiger partial charge on any atom is 0.419 e. The molecule has 1 N–H and O–H groups in total. The number of carbonyl (C=O) groups is 1. The number of rotatable bonds is 4. The SMILES string of the molecule is O=C(Nc1ccc(F)c(C(F)(F)F)c1)C1CCN(S(=O)(=O)c2ccc(F)cc2)CC1. The first-order chi connectivity index (χ1) is 14.0. The molecule has 0 spiro atoms. The monoisotopic (exact) mass is 448 g/mol. The van der Waals surface area contributed by atoms with Crippen LogP contribution in [0, 0.1) is 17.6 Å². The molecule has 0 aliphatic carbocycles. The summed E-state index contributed by atoms with van der Waals surface area (Å²) in [5.41, 5.74) is -1.68. The molecule has 0 aromatic heterocycles. The largest absolute Gasteiger partial charge is 0.419 e. The van der Waals surface area contributed by atoms with Crippen LogP contribution in [0.25, 0.3) is 0 Å². The molecule has 0 unspecified atom stereocenters. The maximum absolute atomic E-state index is 13.4. The van der Waals surface area contributed by atoms with Gasteiger partial charge in [0.1, 0.15) is 11.6 Å². The number of piperidine rings is 1. The quantitative estimate of drug-likeness (QED) is 0.719. The zero-order valence-corrected chi connectivity index (χ0v) is 16.2. The summed E-state index contributed by atoms with van der Waals surface area (Å²) in [4.78, 5) is 12.3. The van der Waals surface area contributed by atoms with E-state index >= 15 is 0 Å². The first kappa shape index (κ1) is 22.2. The molecule has 1 aliphatic heterocycles. The van der Waals surface area contributed by atoms with Crippen molar-refractivity contribution in [1.82, 2.24) is 4.31 Å². The summed E-state index contributed by atoms with van der Waals surface area (Å²) >= 11 is 0. The predicted molar refractivity (Wildman–Crippen MR) is 97.9 cm³/mol. The van der Waals surface area contributed by atoms with Crippen LogP contribution >= 0.6 is 0 Å². The highest BCUT2D eigenvalue weighted by molar-refractivity contribution is 7.89. The Bertz CT molecular complexity index is 1030. The second kappa shape index (κ2) is 8.31. The molecule has 11 heteroatoms. The van der Waals surface area contributed by atoms with Crippen LogP contribution in [0.4, 0.5) is 27.6 Å². The minimum atomic E-state index is -4.90. The van der Waals surface area contributed by atoms with E-state index in [-0.39, 0.29) is 36.5 Å². The number of nitrogens with one attached hydrogen (secondary N) is 1. The van der Waals surface area contributed by atoms with E-state index in [1.807, 2.05) is 0 Å². The molecule has 1 amide bonds. The fraction of sp³-hybridized carbons (Fsp3) is 0.316. The summed E-state index contributed by atoms with van der Waals surface area (Å²) in [5.74, 6) is -3.21. The Morgan fingerprint density at radius 1 is 1.00 bits per heavy atom. The summed E-state index contributed by atoms with van der Waals surface area (Å²) in [6.45, 7) is 0.0457. The molecule has 0 atom stereocenters. The van der Waals surface area contributed by atoms with Gasteiger partial charge in [-0.3, -0.25) is 4.79 Å². The van der Waals surface area contributed by atoms with Crippen molar-refractivity contribution in [2.24, 2.45) is 5.92 Å². The summed E-state index contributed by atoms with van der Waals surface area (Å²) in [6.07, 6.45) is -4.59. The van der Waals surface area contributed by atoms with E-state index in [1.54, 1.807) is 0 Å². The molecule has 3 rings (SSSR count). The lowest BCUT2D eigenvalue weighted by atomic mass is 9.97. The van der Waals surface area contributed by atoms with Gasteiger partial charge < -0.3 is 5.32 Å². The van der Waals surface area contributed by atoms with Gasteiger partial charge in [-0.2, -0.15) is 17.5 Å². The number of carbonyl (C=O) groups excluding carboxylic acids is 1. The number of hydrogen-bond acceptors (Lipinski definition) is 3. The van der Waals surface area contributed by atoms with E-state index in [0.29, 0.717) is 12.1 Å². The number of amides is 1. The van der Waals surface area contributed by atoms with E-state index in [0.717, 1.165) is 30.3 Å². The predicted octanol–water partition coefficient (Wildman–Crippen LogP) is 4.02. The lowest BCUT2D eigenvalue weighted by Crippen LogP contribution is -2.41. The Morgan fingerprint density at radius 3 is 2.17 bits per heavy atom.